The molecule has 1 aromatic rings. The molecule has 7 nitrogen and oxygen atoms in total. The number of ketones is 1. The number of carbonyl (C=O) groups excluding carboxylic acids is 3. The Balaban J connectivity index is 3.44. The monoisotopic (exact) mass is 279 g/mol. The van der Waals surface area contributed by atoms with Gasteiger partial charge in [-0.3, -0.25) is 24.5 Å². The zero-order valence-electron chi connectivity index (χ0n) is 11.0. The van der Waals surface area contributed by atoms with Crippen LogP contribution in [0.3, 0.4) is 0 Å². The molecule has 1 unspecified atom stereocenters. The first-order chi connectivity index (χ1) is 9.42. The van der Waals surface area contributed by atoms with Crippen LogP contribution in [0.5, 0.6) is 0 Å². The molecule has 0 fully saturated rings. The van der Waals surface area contributed by atoms with Crippen LogP contribution in [0.15, 0.2) is 18.2 Å². The SMILES string of the molecule is CCOC(=O)C(C(C)=O)c1cc(C=O)ccc1[N+](=O)[O-]. The van der Waals surface area contributed by atoms with E-state index in [-0.39, 0.29) is 17.7 Å². The molecule has 20 heavy (non-hydrogen) atoms. The molecule has 0 saturated carbocycles. The van der Waals surface area contributed by atoms with Gasteiger partial charge in [0.05, 0.1) is 17.1 Å². The van der Waals surface area contributed by atoms with Gasteiger partial charge in [-0.1, -0.05) is 0 Å². The molecule has 0 aliphatic heterocycles. The Labute approximate surface area is 114 Å². The van der Waals surface area contributed by atoms with Gasteiger partial charge in [-0.2, -0.15) is 0 Å². The van der Waals surface area contributed by atoms with Gasteiger partial charge in [0.2, 0.25) is 0 Å². The lowest BCUT2D eigenvalue weighted by atomic mass is 9.92. The summed E-state index contributed by atoms with van der Waals surface area (Å²) < 4.78 is 4.76. The Morgan fingerprint density at radius 3 is 2.55 bits per heavy atom. The van der Waals surface area contributed by atoms with E-state index < -0.39 is 28.3 Å². The van der Waals surface area contributed by atoms with Crippen molar-refractivity contribution in [2.45, 2.75) is 19.8 Å². The molecule has 7 heteroatoms. The van der Waals surface area contributed by atoms with Crippen LogP contribution in [0.4, 0.5) is 5.69 Å². The van der Waals surface area contributed by atoms with Gasteiger partial charge >= 0.3 is 5.97 Å². The Hall–Kier alpha value is -2.57. The van der Waals surface area contributed by atoms with Crippen LogP contribution in [-0.4, -0.2) is 29.6 Å². The zero-order valence-corrected chi connectivity index (χ0v) is 11.0. The zero-order chi connectivity index (χ0) is 15.3. The van der Waals surface area contributed by atoms with Crippen molar-refractivity contribution in [3.8, 4) is 0 Å². The van der Waals surface area contributed by atoms with Gasteiger partial charge in [-0.25, -0.2) is 0 Å². The first kappa shape index (κ1) is 15.5. The van der Waals surface area contributed by atoms with Crippen molar-refractivity contribution in [3.63, 3.8) is 0 Å². The summed E-state index contributed by atoms with van der Waals surface area (Å²) in [6.45, 7) is 2.74. The van der Waals surface area contributed by atoms with Gasteiger partial charge in [0, 0.05) is 11.6 Å². The third-order valence-electron chi connectivity index (χ3n) is 2.62. The molecule has 0 aromatic heterocycles. The van der Waals surface area contributed by atoms with Crippen LogP contribution in [0.2, 0.25) is 0 Å². The van der Waals surface area contributed by atoms with Crippen LogP contribution < -0.4 is 0 Å². The van der Waals surface area contributed by atoms with E-state index in [2.05, 4.69) is 0 Å². The molecule has 1 aromatic carbocycles. The third-order valence-corrected chi connectivity index (χ3v) is 2.62. The summed E-state index contributed by atoms with van der Waals surface area (Å²) in [6, 6.07) is 3.50. The van der Waals surface area contributed by atoms with Crippen LogP contribution in [-0.2, 0) is 14.3 Å². The van der Waals surface area contributed by atoms with E-state index in [0.717, 1.165) is 19.1 Å². The number of nitro benzene ring substituents is 1. The van der Waals surface area contributed by atoms with Crippen molar-refractivity contribution in [2.24, 2.45) is 0 Å². The smallest absolute Gasteiger partial charge is 0.321 e. The van der Waals surface area contributed by atoms with E-state index in [9.17, 15) is 24.5 Å². The van der Waals surface area contributed by atoms with E-state index in [1.807, 2.05) is 0 Å². The van der Waals surface area contributed by atoms with Crippen molar-refractivity contribution >= 4 is 23.7 Å². The van der Waals surface area contributed by atoms with Crippen molar-refractivity contribution in [3.05, 3.63) is 39.4 Å². The number of hydrogen-bond acceptors (Lipinski definition) is 6. The highest BCUT2D eigenvalue weighted by Crippen LogP contribution is 2.29. The van der Waals surface area contributed by atoms with Gasteiger partial charge in [0.1, 0.15) is 18.0 Å². The van der Waals surface area contributed by atoms with Crippen LogP contribution in [0, 0.1) is 10.1 Å². The van der Waals surface area contributed by atoms with Gasteiger partial charge < -0.3 is 4.74 Å². The molecular formula is C13H13NO6. The molecule has 106 valence electrons. The third kappa shape index (κ3) is 3.25. The molecule has 0 saturated heterocycles. The van der Waals surface area contributed by atoms with Crippen LogP contribution >= 0.6 is 0 Å². The fourth-order valence-corrected chi connectivity index (χ4v) is 1.78. The summed E-state index contributed by atoms with van der Waals surface area (Å²) in [6.07, 6.45) is 0.482. The predicted octanol–water partition coefficient (Wildman–Crippen LogP) is 1.64. The van der Waals surface area contributed by atoms with Crippen LogP contribution in [0.25, 0.3) is 0 Å². The van der Waals surface area contributed by atoms with Gasteiger partial charge in [0.25, 0.3) is 5.69 Å². The highest BCUT2D eigenvalue weighted by molar-refractivity contribution is 6.04. The molecule has 0 aliphatic rings. The Morgan fingerprint density at radius 1 is 1.45 bits per heavy atom. The normalized spacial score (nSPS) is 11.5. The van der Waals surface area contributed by atoms with E-state index in [0.29, 0.717) is 6.29 Å². The first-order valence-corrected chi connectivity index (χ1v) is 5.83. The second-order valence-corrected chi connectivity index (χ2v) is 3.99. The maximum Gasteiger partial charge on any atom is 0.321 e. The molecule has 0 amide bonds. The molecule has 0 N–H and O–H groups in total. The second kappa shape index (κ2) is 6.55. The average Bonchev–Trinajstić information content (AvgIpc) is 2.38. The number of esters is 1. The Morgan fingerprint density at radius 2 is 2.10 bits per heavy atom. The topological polar surface area (TPSA) is 104 Å². The molecule has 0 spiro atoms. The lowest BCUT2D eigenvalue weighted by molar-refractivity contribution is -0.385. The quantitative estimate of drug-likeness (QED) is 0.258. The summed E-state index contributed by atoms with van der Waals surface area (Å²) in [4.78, 5) is 44.5. The fourth-order valence-electron chi connectivity index (χ4n) is 1.78. The number of hydrogen-bond donors (Lipinski definition) is 0. The van der Waals surface area contributed by atoms with E-state index >= 15 is 0 Å². The number of carbonyl (C=O) groups is 3. The molecule has 0 radical (unpaired) electrons. The maximum atomic E-state index is 11.8. The molecule has 0 heterocycles. The Kier molecular flexibility index (Phi) is 5.08. The van der Waals surface area contributed by atoms with Gasteiger partial charge in [-0.05, 0) is 26.0 Å². The van der Waals surface area contributed by atoms with Crippen molar-refractivity contribution in [2.75, 3.05) is 6.61 Å². The number of aldehydes is 1. The number of nitro groups is 1. The van der Waals surface area contributed by atoms with E-state index in [1.165, 1.54) is 6.07 Å². The highest BCUT2D eigenvalue weighted by atomic mass is 16.6. The molecule has 0 bridgehead atoms. The summed E-state index contributed by atoms with van der Waals surface area (Å²) in [5.41, 5.74) is -0.393. The Bertz CT molecular complexity index is 566. The number of Topliss-reactive ketones (excluding diaryl/α,β-unsaturated/α-hetero) is 1. The maximum absolute atomic E-state index is 11.8. The average molecular weight is 279 g/mol. The molecule has 0 aliphatic carbocycles. The van der Waals surface area contributed by atoms with Crippen molar-refractivity contribution in [1.82, 2.24) is 0 Å². The standard InChI is InChI=1S/C13H13NO6/c1-3-20-13(17)12(8(2)16)10-6-9(7-15)4-5-11(10)14(18)19/h4-7,12H,3H2,1-2H3. The minimum Gasteiger partial charge on any atom is -0.465 e. The number of nitrogens with zero attached hydrogens (tertiary/aromatic N) is 1. The summed E-state index contributed by atoms with van der Waals surface area (Å²) in [7, 11) is 0. The minimum atomic E-state index is -1.41. The minimum absolute atomic E-state index is 0.0454. The van der Waals surface area contributed by atoms with Crippen molar-refractivity contribution in [1.29, 1.82) is 0 Å². The summed E-state index contributed by atoms with van der Waals surface area (Å²) in [5.74, 6) is -2.86. The largest absolute Gasteiger partial charge is 0.465 e. The summed E-state index contributed by atoms with van der Waals surface area (Å²) >= 11 is 0. The lowest BCUT2D eigenvalue weighted by Crippen LogP contribution is -2.23. The number of rotatable bonds is 6. The van der Waals surface area contributed by atoms with Crippen molar-refractivity contribution < 1.29 is 24.0 Å². The lowest BCUT2D eigenvalue weighted by Gasteiger charge is -2.13. The molecular weight excluding hydrogens is 266 g/mol. The van der Waals surface area contributed by atoms with Crippen LogP contribution in [0.1, 0.15) is 35.7 Å². The number of benzene rings is 1. The second-order valence-electron chi connectivity index (χ2n) is 3.99. The summed E-state index contributed by atoms with van der Waals surface area (Å²) in [5, 5.41) is 11.0. The number of ether oxygens (including phenoxy) is 1. The predicted molar refractivity (Wildman–Crippen MR) is 68.5 cm³/mol. The van der Waals surface area contributed by atoms with E-state index in [1.54, 1.807) is 6.92 Å². The highest BCUT2D eigenvalue weighted by Gasteiger charge is 2.33. The molecule has 1 rings (SSSR count). The fraction of sp³-hybridized carbons (Fsp3) is 0.308. The first-order valence-electron chi connectivity index (χ1n) is 5.83. The van der Waals surface area contributed by atoms with Gasteiger partial charge in [0.15, 0.2) is 0 Å². The van der Waals surface area contributed by atoms with Gasteiger partial charge in [-0.15, -0.1) is 0 Å². The van der Waals surface area contributed by atoms with E-state index in [4.69, 9.17) is 4.74 Å². The molecule has 1 atom stereocenters.